The first-order chi connectivity index (χ1) is 7.38. The number of hydrogen-bond acceptors (Lipinski definition) is 2. The Morgan fingerprint density at radius 1 is 1.20 bits per heavy atom. The molecular weight excluding hydrogens is 202 g/mol. The molecule has 0 amide bonds. The Morgan fingerprint density at radius 3 is 2.47 bits per heavy atom. The van der Waals surface area contributed by atoms with Crippen LogP contribution in [0, 0.1) is 0 Å². The Bertz CT molecular complexity index is 312. The minimum Gasteiger partial charge on any atom is -0.297 e. The third-order valence-corrected chi connectivity index (χ3v) is 3.67. The highest BCUT2D eigenvalue weighted by Crippen LogP contribution is 2.13. The van der Waals surface area contributed by atoms with Crippen molar-refractivity contribution >= 4 is 17.8 Å². The minimum absolute atomic E-state index is 1.10. The van der Waals surface area contributed by atoms with Gasteiger partial charge in [-0.05, 0) is 11.1 Å². The van der Waals surface area contributed by atoms with Crippen LogP contribution in [-0.2, 0) is 6.54 Å². The molecule has 1 saturated heterocycles. The van der Waals surface area contributed by atoms with E-state index in [4.69, 9.17) is 0 Å². The van der Waals surface area contributed by atoms with E-state index in [1.165, 1.54) is 35.7 Å². The van der Waals surface area contributed by atoms with Gasteiger partial charge in [-0.3, -0.25) is 4.90 Å². The molecule has 0 radical (unpaired) electrons. The fourth-order valence-corrected chi connectivity index (χ4v) is 2.76. The molecule has 1 nitrogen and oxygen atoms in total. The highest BCUT2D eigenvalue weighted by Gasteiger charge is 2.09. The summed E-state index contributed by atoms with van der Waals surface area (Å²) in [5.41, 5.74) is 2.61. The smallest absolute Gasteiger partial charge is 0.0234 e. The molecule has 1 aromatic rings. The fraction of sp³-hybridized carbons (Fsp3) is 0.385. The maximum atomic E-state index is 3.76. The average Bonchev–Trinajstić information content (AvgIpc) is 2.31. The van der Waals surface area contributed by atoms with E-state index in [1.54, 1.807) is 0 Å². The van der Waals surface area contributed by atoms with Gasteiger partial charge in [-0.1, -0.05) is 36.9 Å². The van der Waals surface area contributed by atoms with Crippen LogP contribution in [0.2, 0.25) is 0 Å². The molecule has 0 N–H and O–H groups in total. The quantitative estimate of drug-likeness (QED) is 0.769. The lowest BCUT2D eigenvalue weighted by molar-refractivity contribution is 0.294. The molecule has 2 rings (SSSR count). The molecule has 80 valence electrons. The molecule has 1 heterocycles. The third kappa shape index (κ3) is 3.11. The van der Waals surface area contributed by atoms with Gasteiger partial charge in [0, 0.05) is 31.1 Å². The molecule has 0 aromatic heterocycles. The Labute approximate surface area is 96.2 Å². The molecule has 0 unspecified atom stereocenters. The first-order valence-electron chi connectivity index (χ1n) is 5.40. The number of benzene rings is 1. The van der Waals surface area contributed by atoms with Crippen LogP contribution in [0.5, 0.6) is 0 Å². The van der Waals surface area contributed by atoms with E-state index in [2.05, 4.69) is 47.5 Å². The number of rotatable bonds is 3. The standard InChI is InChI=1S/C13H17NS/c1-2-12-3-5-13(6-4-12)11-14-7-9-15-10-8-14/h2-6H,1,7-11H2. The second kappa shape index (κ2) is 5.38. The predicted octanol–water partition coefficient (Wildman–Crippen LogP) is 2.88. The van der Waals surface area contributed by atoms with Gasteiger partial charge < -0.3 is 0 Å². The van der Waals surface area contributed by atoms with Crippen molar-refractivity contribution < 1.29 is 0 Å². The molecule has 1 aliphatic heterocycles. The van der Waals surface area contributed by atoms with Crippen molar-refractivity contribution in [2.45, 2.75) is 6.54 Å². The topological polar surface area (TPSA) is 3.24 Å². The van der Waals surface area contributed by atoms with Crippen molar-refractivity contribution in [1.82, 2.24) is 4.90 Å². The Hall–Kier alpha value is -0.730. The van der Waals surface area contributed by atoms with Crippen molar-refractivity contribution in [2.24, 2.45) is 0 Å². The lowest BCUT2D eigenvalue weighted by Crippen LogP contribution is -2.31. The predicted molar refractivity (Wildman–Crippen MR) is 69.1 cm³/mol. The van der Waals surface area contributed by atoms with Gasteiger partial charge in [-0.2, -0.15) is 11.8 Å². The van der Waals surface area contributed by atoms with Gasteiger partial charge in [0.05, 0.1) is 0 Å². The van der Waals surface area contributed by atoms with Crippen LogP contribution in [0.3, 0.4) is 0 Å². The highest BCUT2D eigenvalue weighted by molar-refractivity contribution is 7.99. The van der Waals surface area contributed by atoms with Crippen LogP contribution in [0.25, 0.3) is 6.08 Å². The van der Waals surface area contributed by atoms with Gasteiger partial charge in [0.1, 0.15) is 0 Å². The van der Waals surface area contributed by atoms with Crippen LogP contribution >= 0.6 is 11.8 Å². The lowest BCUT2D eigenvalue weighted by Gasteiger charge is -2.26. The lowest BCUT2D eigenvalue weighted by atomic mass is 10.1. The summed E-state index contributed by atoms with van der Waals surface area (Å²) in [6.45, 7) is 7.32. The molecule has 2 heteroatoms. The van der Waals surface area contributed by atoms with Crippen LogP contribution in [0.1, 0.15) is 11.1 Å². The normalized spacial score (nSPS) is 17.6. The number of nitrogens with zero attached hydrogens (tertiary/aromatic N) is 1. The summed E-state index contributed by atoms with van der Waals surface area (Å²) in [4.78, 5) is 2.53. The molecule has 1 aromatic carbocycles. The van der Waals surface area contributed by atoms with Gasteiger partial charge >= 0.3 is 0 Å². The van der Waals surface area contributed by atoms with E-state index < -0.39 is 0 Å². The van der Waals surface area contributed by atoms with Crippen LogP contribution in [0.15, 0.2) is 30.8 Å². The zero-order valence-electron chi connectivity index (χ0n) is 8.98. The van der Waals surface area contributed by atoms with E-state index in [1.807, 2.05) is 6.08 Å². The van der Waals surface area contributed by atoms with E-state index in [0.29, 0.717) is 0 Å². The van der Waals surface area contributed by atoms with Crippen LogP contribution < -0.4 is 0 Å². The second-order valence-electron chi connectivity index (χ2n) is 3.83. The maximum absolute atomic E-state index is 3.76. The van der Waals surface area contributed by atoms with Crippen molar-refractivity contribution in [3.63, 3.8) is 0 Å². The first kappa shape index (κ1) is 10.8. The first-order valence-corrected chi connectivity index (χ1v) is 6.55. The Morgan fingerprint density at radius 2 is 1.87 bits per heavy atom. The largest absolute Gasteiger partial charge is 0.297 e. The van der Waals surface area contributed by atoms with Gasteiger partial charge in [0.25, 0.3) is 0 Å². The summed E-state index contributed by atoms with van der Waals surface area (Å²) in [5, 5.41) is 0. The van der Waals surface area contributed by atoms with Gasteiger partial charge in [0.2, 0.25) is 0 Å². The van der Waals surface area contributed by atoms with E-state index >= 15 is 0 Å². The summed E-state index contributed by atoms with van der Waals surface area (Å²) in [7, 11) is 0. The molecule has 0 atom stereocenters. The molecule has 0 saturated carbocycles. The SMILES string of the molecule is C=Cc1ccc(CN2CCSCC2)cc1. The summed E-state index contributed by atoms with van der Waals surface area (Å²) in [6.07, 6.45) is 1.89. The van der Waals surface area contributed by atoms with Gasteiger partial charge in [-0.15, -0.1) is 0 Å². The fourth-order valence-electron chi connectivity index (χ4n) is 1.78. The van der Waals surface area contributed by atoms with Gasteiger partial charge in [0.15, 0.2) is 0 Å². The maximum Gasteiger partial charge on any atom is 0.0234 e. The van der Waals surface area contributed by atoms with E-state index in [0.717, 1.165) is 6.54 Å². The average molecular weight is 219 g/mol. The van der Waals surface area contributed by atoms with Crippen molar-refractivity contribution in [2.75, 3.05) is 24.6 Å². The molecule has 15 heavy (non-hydrogen) atoms. The van der Waals surface area contributed by atoms with Crippen molar-refractivity contribution in [3.05, 3.63) is 42.0 Å². The second-order valence-corrected chi connectivity index (χ2v) is 5.06. The molecule has 1 fully saturated rings. The molecule has 0 aliphatic carbocycles. The zero-order chi connectivity index (χ0) is 10.5. The molecular formula is C13H17NS. The molecule has 1 aliphatic rings. The minimum atomic E-state index is 1.10. The molecule has 0 spiro atoms. The summed E-state index contributed by atoms with van der Waals surface area (Å²) < 4.78 is 0. The van der Waals surface area contributed by atoms with Crippen LogP contribution in [-0.4, -0.2) is 29.5 Å². The highest BCUT2D eigenvalue weighted by atomic mass is 32.2. The number of hydrogen-bond donors (Lipinski definition) is 0. The number of thioether (sulfide) groups is 1. The van der Waals surface area contributed by atoms with Crippen molar-refractivity contribution in [3.8, 4) is 0 Å². The third-order valence-electron chi connectivity index (χ3n) is 2.73. The zero-order valence-corrected chi connectivity index (χ0v) is 9.80. The molecule has 0 bridgehead atoms. The Kier molecular flexibility index (Phi) is 3.87. The summed E-state index contributed by atoms with van der Waals surface area (Å²) in [6, 6.07) is 8.69. The Balaban J connectivity index is 1.94. The monoisotopic (exact) mass is 219 g/mol. The van der Waals surface area contributed by atoms with Crippen LogP contribution in [0.4, 0.5) is 0 Å². The van der Waals surface area contributed by atoms with E-state index in [-0.39, 0.29) is 0 Å². The van der Waals surface area contributed by atoms with Gasteiger partial charge in [-0.25, -0.2) is 0 Å². The summed E-state index contributed by atoms with van der Waals surface area (Å²) >= 11 is 2.06. The summed E-state index contributed by atoms with van der Waals surface area (Å²) in [5.74, 6) is 2.56. The van der Waals surface area contributed by atoms with Crippen molar-refractivity contribution in [1.29, 1.82) is 0 Å². The van der Waals surface area contributed by atoms with E-state index in [9.17, 15) is 0 Å².